The largest absolute Gasteiger partial charge is 0.496 e. The normalized spacial score (nSPS) is 14.3. The van der Waals surface area contributed by atoms with Gasteiger partial charge >= 0.3 is 0 Å². The minimum absolute atomic E-state index is 0.0202. The molecule has 42 heavy (non-hydrogen) atoms. The Morgan fingerprint density at radius 2 is 1.74 bits per heavy atom. The summed E-state index contributed by atoms with van der Waals surface area (Å²) < 4.78 is 34.9. The molecule has 0 spiro atoms. The van der Waals surface area contributed by atoms with E-state index in [1.54, 1.807) is 61.5 Å². The van der Waals surface area contributed by atoms with Gasteiger partial charge in [0, 0.05) is 17.6 Å². The summed E-state index contributed by atoms with van der Waals surface area (Å²) in [6.07, 6.45) is 3.89. The van der Waals surface area contributed by atoms with Gasteiger partial charge < -0.3 is 15.0 Å². The molecule has 1 aliphatic carbocycles. The smallest absolute Gasteiger partial charge is 0.264 e. The highest BCUT2D eigenvalue weighted by Crippen LogP contribution is 2.31. The van der Waals surface area contributed by atoms with Gasteiger partial charge in [0.05, 0.1) is 22.2 Å². The summed E-state index contributed by atoms with van der Waals surface area (Å²) in [5.74, 6) is -0.355. The first kappa shape index (κ1) is 31.8. The van der Waals surface area contributed by atoms with Crippen LogP contribution in [0.1, 0.15) is 43.7 Å². The van der Waals surface area contributed by atoms with Gasteiger partial charge in [0.25, 0.3) is 10.0 Å². The maximum atomic E-state index is 14.1. The second-order valence-corrected chi connectivity index (χ2v) is 13.5. The molecule has 8 nitrogen and oxygen atoms in total. The molecule has 0 radical (unpaired) electrons. The third-order valence-electron chi connectivity index (χ3n) is 7.48. The monoisotopic (exact) mass is 675 g/mol. The van der Waals surface area contributed by atoms with Crippen LogP contribution in [0.25, 0.3) is 0 Å². The molecule has 3 aromatic carbocycles. The first-order valence-corrected chi connectivity index (χ1v) is 16.4. The van der Waals surface area contributed by atoms with Crippen molar-refractivity contribution in [1.82, 2.24) is 10.2 Å². The van der Waals surface area contributed by atoms with Crippen LogP contribution in [0.3, 0.4) is 0 Å². The van der Waals surface area contributed by atoms with Crippen molar-refractivity contribution in [2.45, 2.75) is 63.1 Å². The molecular formula is C31H35BrClN3O5S. The lowest BCUT2D eigenvalue weighted by molar-refractivity contribution is -0.139. The number of methoxy groups -OCH3 is 1. The Bertz CT molecular complexity index is 1530. The van der Waals surface area contributed by atoms with Crippen LogP contribution in [0.2, 0.25) is 5.02 Å². The number of ether oxygens (including phenoxy) is 1. The zero-order valence-corrected chi connectivity index (χ0v) is 27.0. The molecule has 3 aromatic rings. The zero-order chi connectivity index (χ0) is 30.4. The van der Waals surface area contributed by atoms with Crippen molar-refractivity contribution in [1.29, 1.82) is 0 Å². The quantitative estimate of drug-likeness (QED) is 0.265. The molecule has 0 aliphatic heterocycles. The van der Waals surface area contributed by atoms with Gasteiger partial charge in [-0.2, -0.15) is 0 Å². The van der Waals surface area contributed by atoms with Crippen molar-refractivity contribution in [2.24, 2.45) is 0 Å². The van der Waals surface area contributed by atoms with E-state index in [9.17, 15) is 18.0 Å². The number of amides is 2. The predicted molar refractivity (Wildman–Crippen MR) is 168 cm³/mol. The highest BCUT2D eigenvalue weighted by Gasteiger charge is 2.34. The first-order valence-electron chi connectivity index (χ1n) is 13.8. The Morgan fingerprint density at radius 1 is 1.07 bits per heavy atom. The van der Waals surface area contributed by atoms with Crippen LogP contribution in [0.15, 0.2) is 76.1 Å². The van der Waals surface area contributed by atoms with Crippen molar-refractivity contribution in [2.75, 3.05) is 18.0 Å². The third kappa shape index (κ3) is 7.46. The second-order valence-electron chi connectivity index (χ2n) is 10.4. The predicted octanol–water partition coefficient (Wildman–Crippen LogP) is 6.09. The van der Waals surface area contributed by atoms with Crippen molar-refractivity contribution in [3.8, 4) is 5.75 Å². The highest BCUT2D eigenvalue weighted by molar-refractivity contribution is 9.10. The number of anilines is 1. The molecule has 0 unspecified atom stereocenters. The summed E-state index contributed by atoms with van der Waals surface area (Å²) in [5, 5.41) is 3.51. The number of benzene rings is 3. The molecule has 1 fully saturated rings. The lowest BCUT2D eigenvalue weighted by Gasteiger charge is -2.32. The van der Waals surface area contributed by atoms with Gasteiger partial charge in [-0.25, -0.2) is 8.42 Å². The number of hydrogen-bond donors (Lipinski definition) is 1. The van der Waals surface area contributed by atoms with Gasteiger partial charge in [0.1, 0.15) is 18.3 Å². The summed E-state index contributed by atoms with van der Waals surface area (Å²) in [7, 11) is -2.73. The Balaban J connectivity index is 1.71. The summed E-state index contributed by atoms with van der Waals surface area (Å²) >= 11 is 9.81. The van der Waals surface area contributed by atoms with E-state index < -0.39 is 28.5 Å². The maximum absolute atomic E-state index is 14.1. The van der Waals surface area contributed by atoms with E-state index >= 15 is 0 Å². The molecule has 1 atom stereocenters. The minimum atomic E-state index is -4.21. The van der Waals surface area contributed by atoms with Crippen LogP contribution in [-0.2, 0) is 26.2 Å². The molecule has 2 amide bonds. The average molecular weight is 677 g/mol. The summed E-state index contributed by atoms with van der Waals surface area (Å²) in [6, 6.07) is 17.6. The fourth-order valence-electron chi connectivity index (χ4n) is 4.96. The van der Waals surface area contributed by atoms with Gasteiger partial charge in [0.2, 0.25) is 11.8 Å². The zero-order valence-electron chi connectivity index (χ0n) is 23.8. The third-order valence-corrected chi connectivity index (χ3v) is 10.2. The number of nitrogens with zero attached hydrogens (tertiary/aromatic N) is 2. The lowest BCUT2D eigenvalue weighted by Crippen LogP contribution is -2.52. The lowest BCUT2D eigenvalue weighted by atomic mass is 10.1. The van der Waals surface area contributed by atoms with Crippen molar-refractivity contribution in [3.63, 3.8) is 0 Å². The van der Waals surface area contributed by atoms with Gasteiger partial charge in [0.15, 0.2) is 0 Å². The van der Waals surface area contributed by atoms with Gasteiger partial charge in [-0.15, -0.1) is 0 Å². The van der Waals surface area contributed by atoms with Crippen LogP contribution >= 0.6 is 27.5 Å². The molecule has 0 aromatic heterocycles. The van der Waals surface area contributed by atoms with Crippen molar-refractivity contribution < 1.29 is 22.7 Å². The topological polar surface area (TPSA) is 96.0 Å². The van der Waals surface area contributed by atoms with Crippen LogP contribution in [0.4, 0.5) is 5.69 Å². The summed E-state index contributed by atoms with van der Waals surface area (Å²) in [4.78, 5) is 28.8. The molecule has 11 heteroatoms. The number of nitrogens with one attached hydrogen (secondary N) is 1. The highest BCUT2D eigenvalue weighted by atomic mass is 79.9. The number of aryl methyl sites for hydroxylation is 1. The maximum Gasteiger partial charge on any atom is 0.264 e. The van der Waals surface area contributed by atoms with Gasteiger partial charge in [-0.3, -0.25) is 13.9 Å². The van der Waals surface area contributed by atoms with Crippen molar-refractivity contribution in [3.05, 3.63) is 87.4 Å². The van der Waals surface area contributed by atoms with E-state index in [4.69, 9.17) is 16.3 Å². The standard InChI is InChI=1S/C31H35BrClN3O5S/c1-21-12-14-25(15-13-21)36(42(39,40)26-16-17-29(41-3)27(32)18-26)20-30(37)35(19-23-8-4-7-11-28(23)33)22(2)31(38)34-24-9-5-6-10-24/h4,7-8,11-18,22,24H,5-6,9-10,19-20H2,1-3H3,(H,34,38)/t22-/m1/s1. The number of rotatable bonds is 11. The Labute approximate surface area is 261 Å². The van der Waals surface area contributed by atoms with E-state index in [0.717, 1.165) is 35.6 Å². The van der Waals surface area contributed by atoms with Crippen LogP contribution in [-0.4, -0.2) is 50.9 Å². The summed E-state index contributed by atoms with van der Waals surface area (Å²) in [5.41, 5.74) is 1.91. The molecule has 4 rings (SSSR count). The molecule has 224 valence electrons. The number of hydrogen-bond acceptors (Lipinski definition) is 5. The summed E-state index contributed by atoms with van der Waals surface area (Å²) in [6.45, 7) is 3.06. The van der Waals surface area contributed by atoms with Gasteiger partial charge in [-0.05, 0) is 84.6 Å². The van der Waals surface area contributed by atoms with E-state index in [0.29, 0.717) is 26.5 Å². The van der Waals surface area contributed by atoms with E-state index in [-0.39, 0.29) is 23.4 Å². The van der Waals surface area contributed by atoms with Crippen LogP contribution in [0, 0.1) is 6.92 Å². The SMILES string of the molecule is COc1ccc(S(=O)(=O)N(CC(=O)N(Cc2ccccc2Cl)[C@H](C)C(=O)NC2CCCC2)c2ccc(C)cc2)cc1Br. The van der Waals surface area contributed by atoms with E-state index in [1.807, 2.05) is 6.92 Å². The van der Waals surface area contributed by atoms with E-state index in [1.165, 1.54) is 24.1 Å². The van der Waals surface area contributed by atoms with Crippen molar-refractivity contribution >= 4 is 55.1 Å². The molecule has 0 saturated heterocycles. The first-order chi connectivity index (χ1) is 20.0. The molecule has 1 aliphatic rings. The number of halogens is 2. The van der Waals surface area contributed by atoms with Crippen LogP contribution in [0.5, 0.6) is 5.75 Å². The molecule has 1 N–H and O–H groups in total. The second kappa shape index (κ2) is 13.9. The molecular weight excluding hydrogens is 642 g/mol. The minimum Gasteiger partial charge on any atom is -0.496 e. The van der Waals surface area contributed by atoms with Crippen LogP contribution < -0.4 is 14.4 Å². The molecule has 1 saturated carbocycles. The fraction of sp³-hybridized carbons (Fsp3) is 0.355. The number of sulfonamides is 1. The van der Waals surface area contributed by atoms with Gasteiger partial charge in [-0.1, -0.05) is 60.3 Å². The Kier molecular flexibility index (Phi) is 10.6. The Morgan fingerprint density at radius 3 is 2.36 bits per heavy atom. The Hall–Kier alpha value is -3.08. The van der Waals surface area contributed by atoms with E-state index in [2.05, 4.69) is 21.2 Å². The molecule has 0 heterocycles. The molecule has 0 bridgehead atoms. The number of carbonyl (C=O) groups is 2. The fourth-order valence-corrected chi connectivity index (χ4v) is 7.29. The average Bonchev–Trinajstić information content (AvgIpc) is 3.48. The number of carbonyl (C=O) groups excluding carboxylic acids is 2.